The second-order valence-electron chi connectivity index (χ2n) is 5.95. The number of benzene rings is 1. The molecule has 1 heterocycles. The summed E-state index contributed by atoms with van der Waals surface area (Å²) in [5.41, 5.74) is 7.22. The average molecular weight is 283 g/mol. The number of hydrogen-bond acceptors (Lipinski definition) is 3. The molecule has 2 unspecified atom stereocenters. The van der Waals surface area contributed by atoms with Crippen LogP contribution in [0, 0.1) is 5.92 Å². The highest BCUT2D eigenvalue weighted by molar-refractivity contribution is 6.07. The lowest BCUT2D eigenvalue weighted by Crippen LogP contribution is -2.41. The van der Waals surface area contributed by atoms with Crippen LogP contribution in [0.15, 0.2) is 30.3 Å². The minimum Gasteiger partial charge on any atom is -0.384 e. The third kappa shape index (κ3) is 2.84. The maximum absolute atomic E-state index is 12.6. The standard InChI is InChI=1S/C17H21N3O/c1-11-6-2-4-8-14(11)20-17(21)13-10-16(18)19-15-9-5-3-7-12(13)15/h3,5,7,9-11,14H,2,4,6,8H2,1H3,(H2,18,19)(H,20,21). The first kappa shape index (κ1) is 13.9. The highest BCUT2D eigenvalue weighted by Crippen LogP contribution is 2.25. The highest BCUT2D eigenvalue weighted by atomic mass is 16.1. The molecule has 4 nitrogen and oxygen atoms in total. The van der Waals surface area contributed by atoms with Crippen molar-refractivity contribution in [1.29, 1.82) is 0 Å². The van der Waals surface area contributed by atoms with Gasteiger partial charge in [0, 0.05) is 11.4 Å². The molecular formula is C17H21N3O. The summed E-state index contributed by atoms with van der Waals surface area (Å²) < 4.78 is 0. The second kappa shape index (κ2) is 5.72. The van der Waals surface area contributed by atoms with Crippen LogP contribution in [0.4, 0.5) is 5.82 Å². The molecule has 1 aliphatic rings. The molecule has 0 aliphatic heterocycles. The summed E-state index contributed by atoms with van der Waals surface area (Å²) in [5, 5.41) is 4.04. The van der Waals surface area contributed by atoms with Crippen molar-refractivity contribution in [2.75, 3.05) is 5.73 Å². The van der Waals surface area contributed by atoms with Gasteiger partial charge in [-0.15, -0.1) is 0 Å². The van der Waals surface area contributed by atoms with Gasteiger partial charge in [-0.2, -0.15) is 0 Å². The number of fused-ring (bicyclic) bond motifs is 1. The maximum Gasteiger partial charge on any atom is 0.252 e. The van der Waals surface area contributed by atoms with Crippen LogP contribution < -0.4 is 11.1 Å². The molecule has 0 saturated heterocycles. The molecule has 1 aliphatic carbocycles. The first-order valence-corrected chi connectivity index (χ1v) is 7.61. The van der Waals surface area contributed by atoms with Gasteiger partial charge >= 0.3 is 0 Å². The number of nitrogens with two attached hydrogens (primary N) is 1. The van der Waals surface area contributed by atoms with E-state index in [0.717, 1.165) is 17.3 Å². The molecule has 21 heavy (non-hydrogen) atoms. The zero-order valence-electron chi connectivity index (χ0n) is 12.3. The molecule has 1 saturated carbocycles. The van der Waals surface area contributed by atoms with E-state index < -0.39 is 0 Å². The van der Waals surface area contributed by atoms with Crippen LogP contribution >= 0.6 is 0 Å². The number of rotatable bonds is 2. The van der Waals surface area contributed by atoms with Crippen molar-refractivity contribution in [2.24, 2.45) is 5.92 Å². The van der Waals surface area contributed by atoms with Crippen molar-refractivity contribution in [3.05, 3.63) is 35.9 Å². The number of aromatic nitrogens is 1. The lowest BCUT2D eigenvalue weighted by molar-refractivity contribution is 0.0912. The Balaban J connectivity index is 1.90. The Kier molecular flexibility index (Phi) is 3.78. The van der Waals surface area contributed by atoms with Crippen LogP contribution in [0.25, 0.3) is 10.9 Å². The predicted molar refractivity (Wildman–Crippen MR) is 85.0 cm³/mol. The van der Waals surface area contributed by atoms with Crippen LogP contribution in [-0.4, -0.2) is 16.9 Å². The van der Waals surface area contributed by atoms with Gasteiger partial charge in [0.25, 0.3) is 5.91 Å². The molecule has 0 bridgehead atoms. The highest BCUT2D eigenvalue weighted by Gasteiger charge is 2.24. The summed E-state index contributed by atoms with van der Waals surface area (Å²) in [6, 6.07) is 9.55. The number of carbonyl (C=O) groups is 1. The van der Waals surface area contributed by atoms with Gasteiger partial charge in [0.1, 0.15) is 5.82 Å². The van der Waals surface area contributed by atoms with Gasteiger partial charge in [-0.3, -0.25) is 4.79 Å². The molecule has 4 heteroatoms. The number of carbonyl (C=O) groups excluding carboxylic acids is 1. The molecule has 0 spiro atoms. The number of hydrogen-bond donors (Lipinski definition) is 2. The molecule has 0 radical (unpaired) electrons. The first-order valence-electron chi connectivity index (χ1n) is 7.61. The fraction of sp³-hybridized carbons (Fsp3) is 0.412. The summed E-state index contributed by atoms with van der Waals surface area (Å²) in [5.74, 6) is 0.878. The van der Waals surface area contributed by atoms with Gasteiger partial charge in [-0.05, 0) is 30.9 Å². The van der Waals surface area contributed by atoms with Gasteiger partial charge in [-0.1, -0.05) is 38.0 Å². The number of nitrogens with zero attached hydrogens (tertiary/aromatic N) is 1. The molecule has 1 amide bonds. The number of para-hydroxylation sites is 1. The largest absolute Gasteiger partial charge is 0.384 e. The summed E-state index contributed by atoms with van der Waals surface area (Å²) in [6.07, 6.45) is 4.70. The topological polar surface area (TPSA) is 68.0 Å². The Bertz CT molecular complexity index is 668. The number of anilines is 1. The molecular weight excluding hydrogens is 262 g/mol. The summed E-state index contributed by atoms with van der Waals surface area (Å²) in [6.45, 7) is 2.21. The van der Waals surface area contributed by atoms with Crippen LogP contribution in [0.2, 0.25) is 0 Å². The monoisotopic (exact) mass is 283 g/mol. The van der Waals surface area contributed by atoms with Crippen molar-refractivity contribution in [3.63, 3.8) is 0 Å². The maximum atomic E-state index is 12.6. The van der Waals surface area contributed by atoms with E-state index in [1.807, 2.05) is 24.3 Å². The van der Waals surface area contributed by atoms with Crippen LogP contribution in [0.1, 0.15) is 43.0 Å². The van der Waals surface area contributed by atoms with E-state index in [9.17, 15) is 4.79 Å². The molecule has 3 N–H and O–H groups in total. The Morgan fingerprint density at radius 2 is 2.05 bits per heavy atom. The van der Waals surface area contributed by atoms with Crippen molar-refractivity contribution in [2.45, 2.75) is 38.6 Å². The third-order valence-electron chi connectivity index (χ3n) is 4.41. The number of nitrogens with one attached hydrogen (secondary N) is 1. The van der Waals surface area contributed by atoms with Crippen molar-refractivity contribution in [1.82, 2.24) is 10.3 Å². The van der Waals surface area contributed by atoms with Gasteiger partial charge in [0.15, 0.2) is 0 Å². The van der Waals surface area contributed by atoms with Crippen LogP contribution in [0.3, 0.4) is 0 Å². The molecule has 110 valence electrons. The van der Waals surface area contributed by atoms with Gasteiger partial charge in [0.05, 0.1) is 11.1 Å². The Hall–Kier alpha value is -2.10. The van der Waals surface area contributed by atoms with Gasteiger partial charge in [-0.25, -0.2) is 4.98 Å². The quantitative estimate of drug-likeness (QED) is 0.889. The SMILES string of the molecule is CC1CCCCC1NC(=O)c1cc(N)nc2ccccc12. The average Bonchev–Trinajstić information content (AvgIpc) is 2.48. The fourth-order valence-electron chi connectivity index (χ4n) is 3.16. The lowest BCUT2D eigenvalue weighted by Gasteiger charge is -2.29. The van der Waals surface area contributed by atoms with Gasteiger partial charge < -0.3 is 11.1 Å². The van der Waals surface area contributed by atoms with E-state index >= 15 is 0 Å². The van der Waals surface area contributed by atoms with Crippen LogP contribution in [-0.2, 0) is 0 Å². The summed E-state index contributed by atoms with van der Waals surface area (Å²) in [4.78, 5) is 16.9. The minimum absolute atomic E-state index is 0.0425. The minimum atomic E-state index is -0.0425. The smallest absolute Gasteiger partial charge is 0.252 e. The Morgan fingerprint density at radius 1 is 1.29 bits per heavy atom. The summed E-state index contributed by atoms with van der Waals surface area (Å²) in [7, 11) is 0. The summed E-state index contributed by atoms with van der Waals surface area (Å²) >= 11 is 0. The van der Waals surface area contributed by atoms with E-state index in [2.05, 4.69) is 17.2 Å². The van der Waals surface area contributed by atoms with Crippen molar-refractivity contribution in [3.8, 4) is 0 Å². The normalized spacial score (nSPS) is 22.1. The van der Waals surface area contributed by atoms with E-state index in [-0.39, 0.29) is 11.9 Å². The van der Waals surface area contributed by atoms with E-state index in [4.69, 9.17) is 5.73 Å². The molecule has 2 atom stereocenters. The predicted octanol–water partition coefficient (Wildman–Crippen LogP) is 3.13. The first-order chi connectivity index (χ1) is 10.1. The molecule has 2 aromatic rings. The Labute approximate surface area is 124 Å². The van der Waals surface area contributed by atoms with E-state index in [1.54, 1.807) is 6.07 Å². The molecule has 1 aromatic carbocycles. The number of amides is 1. The lowest BCUT2D eigenvalue weighted by atomic mass is 9.86. The molecule has 3 rings (SSSR count). The van der Waals surface area contributed by atoms with Crippen LogP contribution in [0.5, 0.6) is 0 Å². The zero-order chi connectivity index (χ0) is 14.8. The Morgan fingerprint density at radius 3 is 2.86 bits per heavy atom. The van der Waals surface area contributed by atoms with E-state index in [0.29, 0.717) is 17.3 Å². The van der Waals surface area contributed by atoms with Gasteiger partial charge in [0.2, 0.25) is 0 Å². The zero-order valence-corrected chi connectivity index (χ0v) is 12.3. The molecule has 1 fully saturated rings. The fourth-order valence-corrected chi connectivity index (χ4v) is 3.16. The second-order valence-corrected chi connectivity index (χ2v) is 5.95. The van der Waals surface area contributed by atoms with E-state index in [1.165, 1.54) is 19.3 Å². The number of pyridine rings is 1. The van der Waals surface area contributed by atoms with Crippen molar-refractivity contribution < 1.29 is 4.79 Å². The number of nitrogen functional groups attached to an aromatic ring is 1. The third-order valence-corrected chi connectivity index (χ3v) is 4.41. The van der Waals surface area contributed by atoms with Crippen molar-refractivity contribution >= 4 is 22.6 Å². The molecule has 1 aromatic heterocycles.